The van der Waals surface area contributed by atoms with Gasteiger partial charge in [0.15, 0.2) is 0 Å². The molecule has 2 aliphatic rings. The van der Waals surface area contributed by atoms with Crippen LogP contribution in [0.15, 0.2) is 59.5 Å². The van der Waals surface area contributed by atoms with Crippen molar-refractivity contribution in [1.82, 2.24) is 14.2 Å². The van der Waals surface area contributed by atoms with Crippen molar-refractivity contribution in [1.29, 1.82) is 0 Å². The topological polar surface area (TPSA) is 62.7 Å². The molecule has 0 bridgehead atoms. The second-order valence-electron chi connectivity index (χ2n) is 11.1. The Labute approximate surface area is 240 Å². The molecule has 0 amide bonds. The first-order chi connectivity index (χ1) is 19.4. The van der Waals surface area contributed by atoms with Crippen molar-refractivity contribution in [3.63, 3.8) is 0 Å². The van der Waals surface area contributed by atoms with Gasteiger partial charge >= 0.3 is 6.18 Å². The van der Waals surface area contributed by atoms with Crippen LogP contribution in [0.1, 0.15) is 46.8 Å². The van der Waals surface area contributed by atoms with Crippen LogP contribution in [0.2, 0.25) is 0 Å². The van der Waals surface area contributed by atoms with Crippen molar-refractivity contribution < 1.29 is 26.3 Å². The van der Waals surface area contributed by atoms with Crippen molar-refractivity contribution in [3.8, 4) is 11.1 Å². The van der Waals surface area contributed by atoms with E-state index in [2.05, 4.69) is 66.2 Å². The summed E-state index contributed by atoms with van der Waals surface area (Å²) in [5.74, 6) is 0.0465. The van der Waals surface area contributed by atoms with Crippen LogP contribution in [0.3, 0.4) is 0 Å². The van der Waals surface area contributed by atoms with Gasteiger partial charge in [-0.25, -0.2) is 13.4 Å². The highest BCUT2D eigenvalue weighted by Crippen LogP contribution is 2.43. The van der Waals surface area contributed by atoms with Crippen LogP contribution in [0.5, 0.6) is 0 Å². The normalized spacial score (nSPS) is 22.5. The fourth-order valence-electron chi connectivity index (χ4n) is 6.35. The Balaban J connectivity index is 1.45. The van der Waals surface area contributed by atoms with E-state index in [1.165, 1.54) is 27.9 Å². The molecule has 0 saturated carbocycles. The summed E-state index contributed by atoms with van der Waals surface area (Å²) in [4.78, 5) is 5.73. The molecule has 5 rings (SSSR count). The molecule has 2 aliphatic heterocycles. The third-order valence-electron chi connectivity index (χ3n) is 8.64. The Bertz CT molecular complexity index is 1510. The molecule has 3 aromatic rings. The number of hydrogen-bond acceptors (Lipinski definition) is 5. The molecule has 2 fully saturated rings. The number of methoxy groups -OCH3 is 1. The van der Waals surface area contributed by atoms with Gasteiger partial charge in [-0.15, -0.1) is 0 Å². The Hall–Kier alpha value is -2.79. The number of rotatable bonds is 6. The van der Waals surface area contributed by atoms with Crippen molar-refractivity contribution >= 4 is 10.0 Å². The van der Waals surface area contributed by atoms with Gasteiger partial charge in [-0.2, -0.15) is 17.5 Å². The largest absolute Gasteiger partial charge is 0.433 e. The van der Waals surface area contributed by atoms with Crippen molar-refractivity contribution in [2.24, 2.45) is 0 Å². The summed E-state index contributed by atoms with van der Waals surface area (Å²) in [7, 11) is -2.38. The van der Waals surface area contributed by atoms with E-state index in [0.717, 1.165) is 36.2 Å². The molecule has 0 spiro atoms. The van der Waals surface area contributed by atoms with Gasteiger partial charge in [0.05, 0.1) is 12.3 Å². The predicted molar refractivity (Wildman–Crippen MR) is 152 cm³/mol. The Morgan fingerprint density at radius 3 is 2.34 bits per heavy atom. The Kier molecular flexibility index (Phi) is 8.31. The first-order valence-electron chi connectivity index (χ1n) is 13.9. The Morgan fingerprint density at radius 1 is 0.976 bits per heavy atom. The molecular formula is C31H36F3N3O3S. The molecule has 2 saturated heterocycles. The fourth-order valence-corrected chi connectivity index (χ4v) is 8.00. The van der Waals surface area contributed by atoms with Crippen LogP contribution in [-0.2, 0) is 20.9 Å². The van der Waals surface area contributed by atoms with Gasteiger partial charge in [-0.05, 0) is 80.1 Å². The van der Waals surface area contributed by atoms with E-state index >= 15 is 0 Å². The number of halogens is 3. The maximum absolute atomic E-state index is 13.8. The summed E-state index contributed by atoms with van der Waals surface area (Å²) in [6, 6.07) is 16.6. The summed E-state index contributed by atoms with van der Waals surface area (Å²) in [6.45, 7) is 7.44. The van der Waals surface area contributed by atoms with Crippen LogP contribution in [0.25, 0.3) is 11.1 Å². The average Bonchev–Trinajstić information content (AvgIpc) is 2.91. The molecule has 2 aromatic carbocycles. The molecule has 0 radical (unpaired) electrons. The van der Waals surface area contributed by atoms with Crippen molar-refractivity contribution in [2.45, 2.75) is 62.7 Å². The number of fused-ring (bicyclic) bond motifs is 1. The number of aromatic nitrogens is 1. The minimum atomic E-state index is -4.64. The zero-order valence-electron chi connectivity index (χ0n) is 23.8. The number of sulfonamides is 1. The standard InChI is InChI=1S/C31H36F3N3O3S/c1-20-8-7-9-25(21(20)2)23-10-12-24(13-11-23)30-26-18-36(16-5-6-17-37(26)27(30)19-40-4)41(38,39)28-14-15-29(31(32,33)34)35-22(28)3/h7-15,26-27,30H,5-6,16-19H2,1-4H3/t26-,27?,30-/m0/s1. The molecule has 6 nitrogen and oxygen atoms in total. The highest BCUT2D eigenvalue weighted by molar-refractivity contribution is 7.89. The lowest BCUT2D eigenvalue weighted by molar-refractivity contribution is -0.141. The molecule has 41 heavy (non-hydrogen) atoms. The summed E-state index contributed by atoms with van der Waals surface area (Å²) < 4.78 is 74.1. The van der Waals surface area contributed by atoms with E-state index in [1.54, 1.807) is 7.11 Å². The molecule has 3 heterocycles. The summed E-state index contributed by atoms with van der Waals surface area (Å²) in [5, 5.41) is 0. The number of aryl methyl sites for hydroxylation is 2. The average molecular weight is 588 g/mol. The smallest absolute Gasteiger partial charge is 0.383 e. The monoisotopic (exact) mass is 587 g/mol. The van der Waals surface area contributed by atoms with E-state index in [-0.39, 0.29) is 35.1 Å². The van der Waals surface area contributed by atoms with Crippen LogP contribution in [0.4, 0.5) is 13.2 Å². The first kappa shape index (κ1) is 29.7. The third kappa shape index (κ3) is 5.67. The van der Waals surface area contributed by atoms with Gasteiger partial charge in [-0.1, -0.05) is 42.5 Å². The van der Waals surface area contributed by atoms with Crippen LogP contribution >= 0.6 is 0 Å². The lowest BCUT2D eigenvalue weighted by Crippen LogP contribution is -2.68. The second-order valence-corrected chi connectivity index (χ2v) is 13.0. The van der Waals surface area contributed by atoms with Gasteiger partial charge < -0.3 is 4.74 Å². The highest BCUT2D eigenvalue weighted by atomic mass is 32.2. The third-order valence-corrected chi connectivity index (χ3v) is 10.6. The number of nitrogens with zero attached hydrogens (tertiary/aromatic N) is 3. The summed E-state index contributed by atoms with van der Waals surface area (Å²) >= 11 is 0. The number of pyridine rings is 1. The Morgan fingerprint density at radius 2 is 1.68 bits per heavy atom. The van der Waals surface area contributed by atoms with Gasteiger partial charge in [0.1, 0.15) is 10.6 Å². The zero-order valence-corrected chi connectivity index (χ0v) is 24.6. The maximum Gasteiger partial charge on any atom is 0.433 e. The van der Waals surface area contributed by atoms with E-state index in [0.29, 0.717) is 19.6 Å². The highest BCUT2D eigenvalue weighted by Gasteiger charge is 2.50. The maximum atomic E-state index is 13.8. The second kappa shape index (κ2) is 11.5. The van der Waals surface area contributed by atoms with Crippen LogP contribution < -0.4 is 0 Å². The lowest BCUT2D eigenvalue weighted by Gasteiger charge is -2.57. The minimum Gasteiger partial charge on any atom is -0.383 e. The SMILES string of the molecule is COCC1[C@@H](c2ccc(-c3cccc(C)c3C)cc2)[C@@H]2CN(S(=O)(=O)c3ccc(C(F)(F)F)nc3C)CCCCN12. The van der Waals surface area contributed by atoms with Gasteiger partial charge in [-0.3, -0.25) is 4.90 Å². The molecule has 10 heteroatoms. The molecule has 220 valence electrons. The quantitative estimate of drug-likeness (QED) is 0.356. The molecule has 0 aliphatic carbocycles. The van der Waals surface area contributed by atoms with E-state index in [4.69, 9.17) is 4.74 Å². The molecule has 0 N–H and O–H groups in total. The molecule has 1 unspecified atom stereocenters. The summed E-state index contributed by atoms with van der Waals surface area (Å²) in [5.41, 5.74) is 4.65. The number of ether oxygens (including phenoxy) is 1. The van der Waals surface area contributed by atoms with Gasteiger partial charge in [0, 0.05) is 38.2 Å². The lowest BCUT2D eigenvalue weighted by atomic mass is 9.74. The van der Waals surface area contributed by atoms with Crippen molar-refractivity contribution in [3.05, 3.63) is 82.7 Å². The van der Waals surface area contributed by atoms with Gasteiger partial charge in [0.25, 0.3) is 0 Å². The predicted octanol–water partition coefficient (Wildman–Crippen LogP) is 5.96. The van der Waals surface area contributed by atoms with Crippen molar-refractivity contribution in [2.75, 3.05) is 33.4 Å². The first-order valence-corrected chi connectivity index (χ1v) is 15.3. The molecule has 1 aromatic heterocycles. The number of hydrogen-bond donors (Lipinski definition) is 0. The zero-order chi connectivity index (χ0) is 29.5. The van der Waals surface area contributed by atoms with E-state index in [1.807, 2.05) is 0 Å². The minimum absolute atomic E-state index is 0.0465. The van der Waals surface area contributed by atoms with Gasteiger partial charge in [0.2, 0.25) is 10.0 Å². The molecular weight excluding hydrogens is 551 g/mol. The number of alkyl halides is 3. The summed E-state index contributed by atoms with van der Waals surface area (Å²) in [6.07, 6.45) is -3.17. The molecule has 3 atom stereocenters. The van der Waals surface area contributed by atoms with E-state index in [9.17, 15) is 21.6 Å². The van der Waals surface area contributed by atoms with Crippen LogP contribution in [0, 0.1) is 20.8 Å². The fraction of sp³-hybridized carbons (Fsp3) is 0.452. The number of benzene rings is 2. The van der Waals surface area contributed by atoms with Crippen LogP contribution in [-0.4, -0.2) is 68.0 Å². The van der Waals surface area contributed by atoms with E-state index < -0.39 is 21.9 Å².